The molecule has 0 radical (unpaired) electrons. The molecule has 2 aromatic heterocycles. The highest BCUT2D eigenvalue weighted by molar-refractivity contribution is 5.81. The number of benzene rings is 1. The van der Waals surface area contributed by atoms with E-state index in [-0.39, 0.29) is 0 Å². The van der Waals surface area contributed by atoms with Crippen molar-refractivity contribution in [3.63, 3.8) is 0 Å². The minimum atomic E-state index is 0.646. The maximum absolute atomic E-state index is 5.12. The van der Waals surface area contributed by atoms with Crippen LogP contribution in [0, 0.1) is 0 Å². The largest absolute Gasteiger partial charge is 0.481 e. The summed E-state index contributed by atoms with van der Waals surface area (Å²) in [7, 11) is 1.63. The van der Waals surface area contributed by atoms with Gasteiger partial charge in [0.1, 0.15) is 0 Å². The zero-order valence-electron chi connectivity index (χ0n) is 11.9. The number of rotatable bonds is 5. The molecule has 0 aliphatic carbocycles. The SMILES string of the molecule is COc1cc(CNCc2ccc3cnccc3c2)ccn1. The third-order valence-electron chi connectivity index (χ3n) is 3.37. The molecule has 0 atom stereocenters. The molecule has 0 fully saturated rings. The average Bonchev–Trinajstić information content (AvgIpc) is 2.55. The van der Waals surface area contributed by atoms with Gasteiger partial charge in [-0.2, -0.15) is 0 Å². The molecule has 4 heteroatoms. The number of hydrogen-bond acceptors (Lipinski definition) is 4. The Morgan fingerprint density at radius 3 is 2.67 bits per heavy atom. The zero-order valence-corrected chi connectivity index (χ0v) is 11.9. The first-order valence-corrected chi connectivity index (χ1v) is 6.87. The van der Waals surface area contributed by atoms with Gasteiger partial charge in [-0.05, 0) is 34.7 Å². The molecule has 4 nitrogen and oxygen atoms in total. The maximum Gasteiger partial charge on any atom is 0.213 e. The highest BCUT2D eigenvalue weighted by Crippen LogP contribution is 2.14. The quantitative estimate of drug-likeness (QED) is 0.780. The molecule has 0 unspecified atom stereocenters. The van der Waals surface area contributed by atoms with Gasteiger partial charge in [-0.1, -0.05) is 12.1 Å². The summed E-state index contributed by atoms with van der Waals surface area (Å²) in [5.74, 6) is 0.646. The van der Waals surface area contributed by atoms with Gasteiger partial charge in [0.05, 0.1) is 7.11 Å². The number of nitrogens with zero attached hydrogens (tertiary/aromatic N) is 2. The summed E-state index contributed by atoms with van der Waals surface area (Å²) < 4.78 is 5.12. The van der Waals surface area contributed by atoms with Gasteiger partial charge >= 0.3 is 0 Å². The van der Waals surface area contributed by atoms with Gasteiger partial charge < -0.3 is 10.1 Å². The first-order valence-electron chi connectivity index (χ1n) is 6.87. The van der Waals surface area contributed by atoms with Crippen molar-refractivity contribution in [3.8, 4) is 5.88 Å². The molecule has 0 saturated carbocycles. The van der Waals surface area contributed by atoms with Crippen LogP contribution in [0.3, 0.4) is 0 Å². The topological polar surface area (TPSA) is 47.0 Å². The predicted octanol–water partition coefficient (Wildman–Crippen LogP) is 2.93. The van der Waals surface area contributed by atoms with Crippen molar-refractivity contribution in [2.45, 2.75) is 13.1 Å². The normalized spacial score (nSPS) is 10.7. The molecule has 1 N–H and O–H groups in total. The van der Waals surface area contributed by atoms with E-state index in [1.807, 2.05) is 30.6 Å². The van der Waals surface area contributed by atoms with Crippen LogP contribution in [-0.2, 0) is 13.1 Å². The van der Waals surface area contributed by atoms with Crippen LogP contribution in [0.1, 0.15) is 11.1 Å². The molecule has 106 valence electrons. The van der Waals surface area contributed by atoms with Gasteiger partial charge in [-0.25, -0.2) is 4.98 Å². The maximum atomic E-state index is 5.12. The fourth-order valence-corrected chi connectivity index (χ4v) is 2.27. The van der Waals surface area contributed by atoms with Crippen molar-refractivity contribution in [1.29, 1.82) is 0 Å². The summed E-state index contributed by atoms with van der Waals surface area (Å²) in [5, 5.41) is 5.82. The lowest BCUT2D eigenvalue weighted by atomic mass is 10.1. The minimum absolute atomic E-state index is 0.646. The molecule has 3 aromatic rings. The van der Waals surface area contributed by atoms with Gasteiger partial charge in [-0.15, -0.1) is 0 Å². The molecule has 0 spiro atoms. The molecule has 3 rings (SSSR count). The third-order valence-corrected chi connectivity index (χ3v) is 3.37. The summed E-state index contributed by atoms with van der Waals surface area (Å²) >= 11 is 0. The van der Waals surface area contributed by atoms with Crippen molar-refractivity contribution in [2.75, 3.05) is 7.11 Å². The summed E-state index contributed by atoms with van der Waals surface area (Å²) in [6.07, 6.45) is 5.47. The molecule has 0 bridgehead atoms. The Balaban J connectivity index is 1.63. The smallest absolute Gasteiger partial charge is 0.213 e. The number of hydrogen-bond donors (Lipinski definition) is 1. The van der Waals surface area contributed by atoms with Gasteiger partial charge in [0.25, 0.3) is 0 Å². The average molecular weight is 279 g/mol. The van der Waals surface area contributed by atoms with E-state index in [1.165, 1.54) is 16.3 Å². The Bertz CT molecular complexity index is 743. The van der Waals surface area contributed by atoms with E-state index in [1.54, 1.807) is 13.3 Å². The molecule has 0 aliphatic rings. The zero-order chi connectivity index (χ0) is 14.5. The van der Waals surface area contributed by atoms with E-state index in [0.29, 0.717) is 5.88 Å². The van der Waals surface area contributed by atoms with E-state index >= 15 is 0 Å². The standard InChI is InChI=1S/C17H17N3O/c1-21-17-9-14(4-7-20-17)11-19-10-13-2-3-16-12-18-6-5-15(16)8-13/h2-9,12,19H,10-11H2,1H3. The van der Waals surface area contributed by atoms with Crippen LogP contribution in [0.2, 0.25) is 0 Å². The molecule has 0 aliphatic heterocycles. The Hall–Kier alpha value is -2.46. The van der Waals surface area contributed by atoms with E-state index in [4.69, 9.17) is 4.74 Å². The highest BCUT2D eigenvalue weighted by atomic mass is 16.5. The second-order valence-electron chi connectivity index (χ2n) is 4.87. The number of nitrogens with one attached hydrogen (secondary N) is 1. The van der Waals surface area contributed by atoms with E-state index in [9.17, 15) is 0 Å². The van der Waals surface area contributed by atoms with E-state index in [2.05, 4.69) is 33.5 Å². The second kappa shape index (κ2) is 6.33. The predicted molar refractivity (Wildman–Crippen MR) is 83.1 cm³/mol. The van der Waals surface area contributed by atoms with E-state index in [0.717, 1.165) is 18.7 Å². The molecule has 1 aromatic carbocycles. The molecular formula is C17H17N3O. The lowest BCUT2D eigenvalue weighted by molar-refractivity contribution is 0.397. The number of aromatic nitrogens is 2. The molecule has 21 heavy (non-hydrogen) atoms. The summed E-state index contributed by atoms with van der Waals surface area (Å²) in [6, 6.07) is 12.4. The van der Waals surface area contributed by atoms with Gasteiger partial charge in [0, 0.05) is 43.1 Å². The lowest BCUT2D eigenvalue weighted by Gasteiger charge is -2.07. The first-order chi connectivity index (χ1) is 10.3. The van der Waals surface area contributed by atoms with Crippen LogP contribution < -0.4 is 10.1 Å². The first kappa shape index (κ1) is 13.5. The number of ether oxygens (including phenoxy) is 1. The Kier molecular flexibility index (Phi) is 4.07. The molecule has 0 saturated heterocycles. The molecular weight excluding hydrogens is 262 g/mol. The van der Waals surface area contributed by atoms with E-state index < -0.39 is 0 Å². The molecule has 0 amide bonds. The van der Waals surface area contributed by atoms with Crippen LogP contribution in [0.5, 0.6) is 5.88 Å². The second-order valence-corrected chi connectivity index (χ2v) is 4.87. The fraction of sp³-hybridized carbons (Fsp3) is 0.176. The van der Waals surface area contributed by atoms with Gasteiger partial charge in [0.2, 0.25) is 5.88 Å². The molecule has 2 heterocycles. The van der Waals surface area contributed by atoms with Crippen molar-refractivity contribution in [3.05, 3.63) is 66.1 Å². The Morgan fingerprint density at radius 2 is 1.81 bits per heavy atom. The van der Waals surface area contributed by atoms with Crippen molar-refractivity contribution in [1.82, 2.24) is 15.3 Å². The third kappa shape index (κ3) is 3.35. The number of pyridine rings is 2. The van der Waals surface area contributed by atoms with Crippen LogP contribution in [0.15, 0.2) is 55.0 Å². The van der Waals surface area contributed by atoms with Gasteiger partial charge in [-0.3, -0.25) is 4.98 Å². The van der Waals surface area contributed by atoms with Crippen LogP contribution in [0.4, 0.5) is 0 Å². The summed E-state index contributed by atoms with van der Waals surface area (Å²) in [5.41, 5.74) is 2.42. The fourth-order valence-electron chi connectivity index (χ4n) is 2.27. The lowest BCUT2D eigenvalue weighted by Crippen LogP contribution is -2.12. The summed E-state index contributed by atoms with van der Waals surface area (Å²) in [6.45, 7) is 1.61. The monoisotopic (exact) mass is 279 g/mol. The van der Waals surface area contributed by atoms with Gasteiger partial charge in [0.15, 0.2) is 0 Å². The van der Waals surface area contributed by atoms with Crippen molar-refractivity contribution < 1.29 is 4.74 Å². The van der Waals surface area contributed by atoms with Crippen LogP contribution in [0.25, 0.3) is 10.8 Å². The Morgan fingerprint density at radius 1 is 0.952 bits per heavy atom. The summed E-state index contributed by atoms with van der Waals surface area (Å²) in [4.78, 5) is 8.23. The minimum Gasteiger partial charge on any atom is -0.481 e. The van der Waals surface area contributed by atoms with Crippen molar-refractivity contribution >= 4 is 10.8 Å². The highest BCUT2D eigenvalue weighted by Gasteiger charge is 1.99. The number of methoxy groups -OCH3 is 1. The Labute approximate surface area is 123 Å². The number of fused-ring (bicyclic) bond motifs is 1. The van der Waals surface area contributed by atoms with Crippen LogP contribution in [-0.4, -0.2) is 17.1 Å². The van der Waals surface area contributed by atoms with Crippen LogP contribution >= 0.6 is 0 Å². The van der Waals surface area contributed by atoms with Crippen molar-refractivity contribution in [2.24, 2.45) is 0 Å².